The van der Waals surface area contributed by atoms with Gasteiger partial charge in [-0.25, -0.2) is 9.97 Å². The number of thiophene rings is 1. The van der Waals surface area contributed by atoms with Crippen molar-refractivity contribution >= 4 is 27.2 Å². The quantitative estimate of drug-likeness (QED) is 0.715. The van der Waals surface area contributed by atoms with Gasteiger partial charge >= 0.3 is 0 Å². The number of aryl methyl sites for hydroxylation is 1. The molecule has 0 spiro atoms. The van der Waals surface area contributed by atoms with Gasteiger partial charge in [0.15, 0.2) is 0 Å². The third-order valence-corrected chi connectivity index (χ3v) is 3.57. The maximum Gasteiger partial charge on any atom is 0.240 e. The summed E-state index contributed by atoms with van der Waals surface area (Å²) in [6.07, 6.45) is 1.50. The number of hydrogen-bond acceptors (Lipinski definition) is 5. The van der Waals surface area contributed by atoms with Gasteiger partial charge in [-0.2, -0.15) is 0 Å². The number of fused-ring (bicyclic) bond motifs is 1. The van der Waals surface area contributed by atoms with Crippen molar-refractivity contribution in [2.75, 3.05) is 5.73 Å². The van der Waals surface area contributed by atoms with Gasteiger partial charge in [-0.3, -0.25) is 0 Å². The molecule has 0 bridgehead atoms. The minimum absolute atomic E-state index is 0.568. The summed E-state index contributed by atoms with van der Waals surface area (Å²) in [5, 5.41) is 1.97. The summed E-state index contributed by atoms with van der Waals surface area (Å²) in [4.78, 5) is 8.33. The topological polar surface area (TPSA) is 61.0 Å². The molecule has 0 aliphatic rings. The Kier molecular flexibility index (Phi) is 2.60. The number of nitrogen functional groups attached to an aromatic ring is 1. The van der Waals surface area contributed by atoms with Crippen LogP contribution in [-0.4, -0.2) is 9.97 Å². The minimum Gasteiger partial charge on any atom is -0.437 e. The number of nitrogens with two attached hydrogens (primary N) is 1. The molecule has 0 aliphatic carbocycles. The molecule has 0 aliphatic heterocycles. The molecule has 3 rings (SSSR count). The summed E-state index contributed by atoms with van der Waals surface area (Å²) in [5.74, 6) is 1.25. The summed E-state index contributed by atoms with van der Waals surface area (Å²) >= 11 is 1.56. The SMILES string of the molecule is Cc1ccc(Oc2ncnc3ccsc23)cc1N. The summed E-state index contributed by atoms with van der Waals surface area (Å²) in [5.41, 5.74) is 8.50. The molecule has 0 amide bonds. The molecular formula is C13H11N3OS. The van der Waals surface area contributed by atoms with E-state index >= 15 is 0 Å². The van der Waals surface area contributed by atoms with Gasteiger partial charge in [0.2, 0.25) is 5.88 Å². The van der Waals surface area contributed by atoms with E-state index in [2.05, 4.69) is 9.97 Å². The molecular weight excluding hydrogens is 246 g/mol. The fourth-order valence-corrected chi connectivity index (χ4v) is 2.40. The lowest BCUT2D eigenvalue weighted by Crippen LogP contribution is -1.93. The smallest absolute Gasteiger partial charge is 0.240 e. The maximum absolute atomic E-state index is 5.86. The van der Waals surface area contributed by atoms with Crippen molar-refractivity contribution in [1.82, 2.24) is 9.97 Å². The standard InChI is InChI=1S/C13H11N3OS/c1-8-2-3-9(6-10(8)14)17-13-12-11(4-5-18-12)15-7-16-13/h2-7H,14H2,1H3. The second-order valence-electron chi connectivity index (χ2n) is 3.93. The van der Waals surface area contributed by atoms with Crippen molar-refractivity contribution in [1.29, 1.82) is 0 Å². The number of hydrogen-bond donors (Lipinski definition) is 1. The van der Waals surface area contributed by atoms with Crippen molar-refractivity contribution in [3.8, 4) is 11.6 Å². The first-order valence-electron chi connectivity index (χ1n) is 5.46. The van der Waals surface area contributed by atoms with Gasteiger partial charge in [-0.15, -0.1) is 11.3 Å². The molecule has 90 valence electrons. The van der Waals surface area contributed by atoms with E-state index in [1.807, 2.05) is 30.5 Å². The summed E-state index contributed by atoms with van der Waals surface area (Å²) in [6, 6.07) is 7.56. The second-order valence-corrected chi connectivity index (χ2v) is 4.85. The van der Waals surface area contributed by atoms with Gasteiger partial charge in [-0.1, -0.05) is 6.07 Å². The zero-order chi connectivity index (χ0) is 12.5. The van der Waals surface area contributed by atoms with Gasteiger partial charge in [0.05, 0.1) is 5.52 Å². The van der Waals surface area contributed by atoms with Crippen molar-refractivity contribution in [3.05, 3.63) is 41.5 Å². The molecule has 5 heteroatoms. The van der Waals surface area contributed by atoms with E-state index in [1.165, 1.54) is 6.33 Å². The van der Waals surface area contributed by atoms with Gasteiger partial charge in [0.1, 0.15) is 16.8 Å². The Morgan fingerprint density at radius 2 is 2.11 bits per heavy atom. The lowest BCUT2D eigenvalue weighted by Gasteiger charge is -2.07. The fraction of sp³-hybridized carbons (Fsp3) is 0.0769. The van der Waals surface area contributed by atoms with Crippen LogP contribution in [0.4, 0.5) is 5.69 Å². The number of anilines is 1. The van der Waals surface area contributed by atoms with E-state index < -0.39 is 0 Å². The fourth-order valence-electron chi connectivity index (χ4n) is 1.63. The van der Waals surface area contributed by atoms with Gasteiger partial charge in [-0.05, 0) is 30.0 Å². The van der Waals surface area contributed by atoms with Crippen LogP contribution in [0.25, 0.3) is 10.2 Å². The second kappa shape index (κ2) is 4.27. The third-order valence-electron chi connectivity index (χ3n) is 2.68. The van der Waals surface area contributed by atoms with Crippen LogP contribution in [0, 0.1) is 6.92 Å². The molecule has 2 heterocycles. The largest absolute Gasteiger partial charge is 0.437 e. The number of aromatic nitrogens is 2. The van der Waals surface area contributed by atoms with E-state index in [0.717, 1.165) is 15.8 Å². The molecule has 0 saturated carbocycles. The predicted octanol–water partition coefficient (Wildman–Crippen LogP) is 3.37. The molecule has 4 nitrogen and oxygen atoms in total. The Bertz CT molecular complexity index is 708. The average Bonchev–Trinajstić information content (AvgIpc) is 2.83. The zero-order valence-electron chi connectivity index (χ0n) is 9.75. The monoisotopic (exact) mass is 257 g/mol. The molecule has 0 fully saturated rings. The molecule has 0 unspecified atom stereocenters. The molecule has 18 heavy (non-hydrogen) atoms. The number of rotatable bonds is 2. The van der Waals surface area contributed by atoms with E-state index in [-0.39, 0.29) is 0 Å². The highest BCUT2D eigenvalue weighted by molar-refractivity contribution is 7.17. The molecule has 0 saturated heterocycles. The zero-order valence-corrected chi connectivity index (χ0v) is 10.6. The minimum atomic E-state index is 0.568. The predicted molar refractivity (Wildman–Crippen MR) is 73.1 cm³/mol. The van der Waals surface area contributed by atoms with Crippen LogP contribution >= 0.6 is 11.3 Å². The van der Waals surface area contributed by atoms with E-state index in [1.54, 1.807) is 17.4 Å². The Balaban J connectivity index is 2.01. The highest BCUT2D eigenvalue weighted by Crippen LogP contribution is 2.31. The Morgan fingerprint density at radius 1 is 1.22 bits per heavy atom. The van der Waals surface area contributed by atoms with Crippen LogP contribution in [0.15, 0.2) is 36.0 Å². The number of ether oxygens (including phenoxy) is 1. The van der Waals surface area contributed by atoms with E-state index in [0.29, 0.717) is 17.3 Å². The molecule has 0 radical (unpaired) electrons. The van der Waals surface area contributed by atoms with Crippen molar-refractivity contribution in [2.45, 2.75) is 6.92 Å². The Hall–Kier alpha value is -2.14. The number of benzene rings is 1. The van der Waals surface area contributed by atoms with E-state index in [9.17, 15) is 0 Å². The first-order chi connectivity index (χ1) is 8.74. The van der Waals surface area contributed by atoms with Crippen molar-refractivity contribution in [3.63, 3.8) is 0 Å². The average molecular weight is 257 g/mol. The Labute approximate surface area is 108 Å². The first-order valence-corrected chi connectivity index (χ1v) is 6.34. The molecule has 2 aromatic heterocycles. The van der Waals surface area contributed by atoms with Crippen LogP contribution in [0.3, 0.4) is 0 Å². The van der Waals surface area contributed by atoms with Crippen LogP contribution in [0.5, 0.6) is 11.6 Å². The van der Waals surface area contributed by atoms with Crippen LogP contribution in [-0.2, 0) is 0 Å². The molecule has 2 N–H and O–H groups in total. The van der Waals surface area contributed by atoms with Gasteiger partial charge in [0, 0.05) is 11.8 Å². The van der Waals surface area contributed by atoms with Crippen LogP contribution in [0.2, 0.25) is 0 Å². The third kappa shape index (κ3) is 1.89. The van der Waals surface area contributed by atoms with Crippen LogP contribution in [0.1, 0.15) is 5.56 Å². The summed E-state index contributed by atoms with van der Waals surface area (Å²) in [7, 11) is 0. The Morgan fingerprint density at radius 3 is 2.94 bits per heavy atom. The first kappa shape index (κ1) is 11.0. The lowest BCUT2D eigenvalue weighted by molar-refractivity contribution is 0.469. The number of nitrogens with zero attached hydrogens (tertiary/aromatic N) is 2. The normalized spacial score (nSPS) is 10.7. The van der Waals surface area contributed by atoms with Crippen molar-refractivity contribution < 1.29 is 4.74 Å². The maximum atomic E-state index is 5.86. The van der Waals surface area contributed by atoms with Crippen molar-refractivity contribution in [2.24, 2.45) is 0 Å². The summed E-state index contributed by atoms with van der Waals surface area (Å²) in [6.45, 7) is 1.96. The molecule has 3 aromatic rings. The highest BCUT2D eigenvalue weighted by atomic mass is 32.1. The lowest BCUT2D eigenvalue weighted by atomic mass is 10.2. The molecule has 0 atom stereocenters. The molecule has 1 aromatic carbocycles. The van der Waals surface area contributed by atoms with Gasteiger partial charge < -0.3 is 10.5 Å². The van der Waals surface area contributed by atoms with Crippen LogP contribution < -0.4 is 10.5 Å². The highest BCUT2D eigenvalue weighted by Gasteiger charge is 2.07. The summed E-state index contributed by atoms with van der Waals surface area (Å²) < 4.78 is 6.71. The van der Waals surface area contributed by atoms with Gasteiger partial charge in [0.25, 0.3) is 0 Å². The van der Waals surface area contributed by atoms with E-state index in [4.69, 9.17) is 10.5 Å².